The second-order valence-electron chi connectivity index (χ2n) is 7.28. The highest BCUT2D eigenvalue weighted by molar-refractivity contribution is 5.40. The van der Waals surface area contributed by atoms with Crippen molar-refractivity contribution < 1.29 is 9.84 Å². The molecule has 0 aromatic carbocycles. The first-order valence-electron chi connectivity index (χ1n) is 9.57. The Morgan fingerprint density at radius 3 is 2.64 bits per heavy atom. The number of nitrogens with zero attached hydrogens (tertiary/aromatic N) is 3. The van der Waals surface area contributed by atoms with Crippen LogP contribution in [0.2, 0.25) is 0 Å². The molecule has 1 aromatic rings. The van der Waals surface area contributed by atoms with E-state index in [0.717, 1.165) is 51.4 Å². The van der Waals surface area contributed by atoms with Gasteiger partial charge >= 0.3 is 0 Å². The molecule has 0 aliphatic carbocycles. The Labute approximate surface area is 151 Å². The monoisotopic (exact) mass is 348 g/mol. The van der Waals surface area contributed by atoms with Crippen molar-refractivity contribution in [2.75, 3.05) is 51.3 Å². The largest absolute Gasteiger partial charge is 0.389 e. The van der Waals surface area contributed by atoms with Gasteiger partial charge in [0.05, 0.1) is 12.7 Å². The van der Waals surface area contributed by atoms with Crippen LogP contribution in [0, 0.1) is 0 Å². The maximum absolute atomic E-state index is 9.83. The average Bonchev–Trinajstić information content (AvgIpc) is 3.16. The van der Waals surface area contributed by atoms with Gasteiger partial charge < -0.3 is 25.0 Å². The number of methoxy groups -OCH3 is 1. The molecule has 3 rings (SSSR count). The lowest BCUT2D eigenvalue weighted by atomic mass is 10.0. The van der Waals surface area contributed by atoms with E-state index < -0.39 is 0 Å². The quantitative estimate of drug-likeness (QED) is 0.737. The van der Waals surface area contributed by atoms with Crippen molar-refractivity contribution in [1.29, 1.82) is 0 Å². The Morgan fingerprint density at radius 2 is 2.00 bits per heavy atom. The van der Waals surface area contributed by atoms with Crippen LogP contribution in [0.4, 0.5) is 5.82 Å². The van der Waals surface area contributed by atoms with Gasteiger partial charge in [0.25, 0.3) is 0 Å². The number of aromatic nitrogens is 1. The molecule has 0 radical (unpaired) electrons. The normalized spacial score (nSPS) is 21.0. The lowest BCUT2D eigenvalue weighted by Crippen LogP contribution is -2.45. The van der Waals surface area contributed by atoms with E-state index in [1.54, 1.807) is 7.11 Å². The van der Waals surface area contributed by atoms with Gasteiger partial charge in [-0.05, 0) is 50.4 Å². The second-order valence-corrected chi connectivity index (χ2v) is 7.28. The second kappa shape index (κ2) is 9.48. The van der Waals surface area contributed by atoms with Gasteiger partial charge in [0.15, 0.2) is 0 Å². The van der Waals surface area contributed by atoms with E-state index in [1.807, 2.05) is 6.20 Å². The highest BCUT2D eigenvalue weighted by Gasteiger charge is 2.20. The number of nitrogens with one attached hydrogen (secondary N) is 1. The van der Waals surface area contributed by atoms with Crippen LogP contribution in [-0.4, -0.2) is 73.6 Å². The molecule has 2 fully saturated rings. The molecule has 6 nitrogen and oxygen atoms in total. The third-order valence-corrected chi connectivity index (χ3v) is 5.25. The fourth-order valence-corrected chi connectivity index (χ4v) is 3.78. The van der Waals surface area contributed by atoms with Gasteiger partial charge in [-0.3, -0.25) is 0 Å². The number of hydrogen-bond acceptors (Lipinski definition) is 6. The standard InChI is InChI=1S/C19H32N4O2/c1-25-15-18(24)14-22-10-6-17(7-11-22)20-12-16-4-5-19(21-13-16)23-8-2-3-9-23/h4-5,13,17-18,20,24H,2-3,6-12,14-15H2,1H3. The minimum atomic E-state index is -0.380. The number of likely N-dealkylation sites (tertiary alicyclic amines) is 1. The van der Waals surface area contributed by atoms with Crippen LogP contribution in [0.3, 0.4) is 0 Å². The molecule has 1 aromatic heterocycles. The average molecular weight is 348 g/mol. The predicted octanol–water partition coefficient (Wildman–Crippen LogP) is 1.24. The Hall–Kier alpha value is -1.21. The summed E-state index contributed by atoms with van der Waals surface area (Å²) >= 11 is 0. The van der Waals surface area contributed by atoms with Crippen LogP contribution in [0.5, 0.6) is 0 Å². The molecule has 0 saturated carbocycles. The molecule has 2 aliphatic rings. The first kappa shape index (κ1) is 18.6. The molecular weight excluding hydrogens is 316 g/mol. The molecule has 1 atom stereocenters. The van der Waals surface area contributed by atoms with Crippen molar-refractivity contribution >= 4 is 5.82 Å². The zero-order chi connectivity index (χ0) is 17.5. The number of β-amino-alcohol motifs (C(OH)–C–C–N with tert-alkyl or cyclic N) is 1. The molecule has 2 saturated heterocycles. The Kier molecular flexibility index (Phi) is 7.04. The molecule has 1 unspecified atom stereocenters. The molecule has 3 heterocycles. The number of ether oxygens (including phenoxy) is 1. The number of aliphatic hydroxyl groups excluding tert-OH is 1. The minimum Gasteiger partial charge on any atom is -0.389 e. The number of pyridine rings is 1. The summed E-state index contributed by atoms with van der Waals surface area (Å²) in [6.07, 6.45) is 6.45. The van der Waals surface area contributed by atoms with Gasteiger partial charge in [0.2, 0.25) is 0 Å². The summed E-state index contributed by atoms with van der Waals surface area (Å²) in [6, 6.07) is 4.90. The topological polar surface area (TPSA) is 60.9 Å². The van der Waals surface area contributed by atoms with Gasteiger partial charge in [-0.25, -0.2) is 4.98 Å². The highest BCUT2D eigenvalue weighted by atomic mass is 16.5. The molecule has 6 heteroatoms. The van der Waals surface area contributed by atoms with E-state index in [0.29, 0.717) is 19.2 Å². The van der Waals surface area contributed by atoms with Crippen molar-refractivity contribution in [3.05, 3.63) is 23.9 Å². The fourth-order valence-electron chi connectivity index (χ4n) is 3.78. The van der Waals surface area contributed by atoms with Crippen LogP contribution in [0.1, 0.15) is 31.2 Å². The highest BCUT2D eigenvalue weighted by Crippen LogP contribution is 2.18. The van der Waals surface area contributed by atoms with E-state index in [1.165, 1.54) is 18.4 Å². The summed E-state index contributed by atoms with van der Waals surface area (Å²) in [4.78, 5) is 9.32. The lowest BCUT2D eigenvalue weighted by Gasteiger charge is -2.33. The van der Waals surface area contributed by atoms with E-state index >= 15 is 0 Å². The number of hydrogen-bond donors (Lipinski definition) is 2. The molecule has 2 aliphatic heterocycles. The molecule has 2 N–H and O–H groups in total. The summed E-state index contributed by atoms with van der Waals surface area (Å²) in [5, 5.41) is 13.5. The van der Waals surface area contributed by atoms with Crippen molar-refractivity contribution in [3.63, 3.8) is 0 Å². The Bertz CT molecular complexity index is 497. The van der Waals surface area contributed by atoms with Crippen LogP contribution in [0.15, 0.2) is 18.3 Å². The number of piperidine rings is 1. The molecule has 25 heavy (non-hydrogen) atoms. The SMILES string of the molecule is COCC(O)CN1CCC(NCc2ccc(N3CCCC3)nc2)CC1. The van der Waals surface area contributed by atoms with Crippen molar-refractivity contribution in [2.24, 2.45) is 0 Å². The van der Waals surface area contributed by atoms with Crippen LogP contribution < -0.4 is 10.2 Å². The van der Waals surface area contributed by atoms with Gasteiger partial charge in [-0.15, -0.1) is 0 Å². The summed E-state index contributed by atoms with van der Waals surface area (Å²) < 4.78 is 5.00. The minimum absolute atomic E-state index is 0.380. The van der Waals surface area contributed by atoms with Crippen LogP contribution in [0.25, 0.3) is 0 Å². The van der Waals surface area contributed by atoms with E-state index in [4.69, 9.17) is 4.74 Å². The van der Waals surface area contributed by atoms with E-state index in [9.17, 15) is 5.11 Å². The summed E-state index contributed by atoms with van der Waals surface area (Å²) in [5.41, 5.74) is 1.25. The molecule has 0 spiro atoms. The van der Waals surface area contributed by atoms with Crippen molar-refractivity contribution in [1.82, 2.24) is 15.2 Å². The number of anilines is 1. The molecule has 0 bridgehead atoms. The van der Waals surface area contributed by atoms with E-state index in [-0.39, 0.29) is 6.10 Å². The summed E-state index contributed by atoms with van der Waals surface area (Å²) in [7, 11) is 1.63. The van der Waals surface area contributed by atoms with Crippen molar-refractivity contribution in [2.45, 2.75) is 44.4 Å². The van der Waals surface area contributed by atoms with Gasteiger partial charge in [-0.2, -0.15) is 0 Å². The fraction of sp³-hybridized carbons (Fsp3) is 0.737. The van der Waals surface area contributed by atoms with E-state index in [2.05, 4.69) is 32.2 Å². The van der Waals surface area contributed by atoms with Crippen LogP contribution in [-0.2, 0) is 11.3 Å². The van der Waals surface area contributed by atoms with Gasteiger partial charge in [0, 0.05) is 45.5 Å². The van der Waals surface area contributed by atoms with Crippen LogP contribution >= 0.6 is 0 Å². The molecule has 0 amide bonds. The Morgan fingerprint density at radius 1 is 1.24 bits per heavy atom. The molecule has 140 valence electrons. The first-order valence-corrected chi connectivity index (χ1v) is 9.57. The van der Waals surface area contributed by atoms with Gasteiger partial charge in [0.1, 0.15) is 5.82 Å². The lowest BCUT2D eigenvalue weighted by molar-refractivity contribution is 0.0310. The third kappa shape index (κ3) is 5.64. The zero-order valence-corrected chi connectivity index (χ0v) is 15.4. The number of aliphatic hydroxyl groups is 1. The zero-order valence-electron chi connectivity index (χ0n) is 15.4. The first-order chi connectivity index (χ1) is 12.2. The maximum Gasteiger partial charge on any atom is 0.128 e. The number of rotatable bonds is 8. The van der Waals surface area contributed by atoms with Gasteiger partial charge in [-0.1, -0.05) is 6.07 Å². The van der Waals surface area contributed by atoms with Crippen molar-refractivity contribution in [3.8, 4) is 0 Å². The smallest absolute Gasteiger partial charge is 0.128 e. The molecular formula is C19H32N4O2. The summed E-state index contributed by atoms with van der Waals surface area (Å²) in [6.45, 7) is 6.35. The predicted molar refractivity (Wildman–Crippen MR) is 99.9 cm³/mol. The maximum atomic E-state index is 9.83. The Balaban J connectivity index is 1.36. The summed E-state index contributed by atoms with van der Waals surface area (Å²) in [5.74, 6) is 1.11. The third-order valence-electron chi connectivity index (χ3n) is 5.25.